The summed E-state index contributed by atoms with van der Waals surface area (Å²) in [5.74, 6) is 0.186. The monoisotopic (exact) mass is 141 g/mol. The maximum absolute atomic E-state index is 10.3. The van der Waals surface area contributed by atoms with Gasteiger partial charge in [0.2, 0.25) is 0 Å². The van der Waals surface area contributed by atoms with Crippen molar-refractivity contribution in [3.63, 3.8) is 0 Å². The molecule has 0 aromatic carbocycles. The van der Waals surface area contributed by atoms with Crippen molar-refractivity contribution in [1.29, 1.82) is 0 Å². The van der Waals surface area contributed by atoms with Crippen molar-refractivity contribution in [2.45, 2.75) is 6.92 Å². The Morgan fingerprint density at radius 1 is 1.80 bits per heavy atom. The van der Waals surface area contributed by atoms with E-state index in [1.165, 1.54) is 18.1 Å². The van der Waals surface area contributed by atoms with Gasteiger partial charge in [0.25, 0.3) is 0 Å². The van der Waals surface area contributed by atoms with Crippen LogP contribution in [0, 0.1) is 0 Å². The SMILES string of the molecule is C=C(N)N(C)/N=C\C(C)=O. The van der Waals surface area contributed by atoms with Gasteiger partial charge >= 0.3 is 0 Å². The summed E-state index contributed by atoms with van der Waals surface area (Å²) in [6, 6.07) is 0. The van der Waals surface area contributed by atoms with Crippen LogP contribution in [0.25, 0.3) is 0 Å². The number of nitrogens with two attached hydrogens (primary N) is 1. The fraction of sp³-hybridized carbons (Fsp3) is 0.333. The molecule has 0 aliphatic carbocycles. The minimum atomic E-state index is -0.117. The Bertz CT molecular complexity index is 174. The van der Waals surface area contributed by atoms with Gasteiger partial charge in [0.05, 0.1) is 6.21 Å². The van der Waals surface area contributed by atoms with Gasteiger partial charge in [0, 0.05) is 14.0 Å². The summed E-state index contributed by atoms with van der Waals surface area (Å²) in [5.41, 5.74) is 5.23. The van der Waals surface area contributed by atoms with Crippen molar-refractivity contribution in [2.24, 2.45) is 10.8 Å². The first kappa shape index (κ1) is 8.68. The number of hydrogen-bond acceptors (Lipinski definition) is 4. The van der Waals surface area contributed by atoms with Crippen LogP contribution >= 0.6 is 0 Å². The second-order valence-corrected chi connectivity index (χ2v) is 1.87. The molecule has 0 spiro atoms. The highest BCUT2D eigenvalue weighted by Gasteiger charge is 1.90. The van der Waals surface area contributed by atoms with Gasteiger partial charge in [-0.25, -0.2) is 0 Å². The summed E-state index contributed by atoms with van der Waals surface area (Å²) >= 11 is 0. The van der Waals surface area contributed by atoms with Gasteiger partial charge in [0.1, 0.15) is 5.82 Å². The second kappa shape index (κ2) is 3.66. The molecule has 0 atom stereocenters. The summed E-state index contributed by atoms with van der Waals surface area (Å²) in [6.45, 7) is 4.82. The molecular weight excluding hydrogens is 130 g/mol. The molecule has 2 N–H and O–H groups in total. The van der Waals surface area contributed by atoms with Crippen molar-refractivity contribution >= 4 is 12.0 Å². The average molecular weight is 141 g/mol. The molecule has 0 aliphatic rings. The zero-order valence-corrected chi connectivity index (χ0v) is 6.16. The number of ketones is 1. The molecule has 0 fully saturated rings. The molecule has 10 heavy (non-hydrogen) atoms. The molecule has 0 aromatic heterocycles. The predicted octanol–water partition coefficient (Wildman–Crippen LogP) is -0.0771. The van der Waals surface area contributed by atoms with E-state index in [-0.39, 0.29) is 5.78 Å². The molecule has 0 heterocycles. The molecule has 0 amide bonds. The van der Waals surface area contributed by atoms with Gasteiger partial charge in [-0.2, -0.15) is 5.10 Å². The summed E-state index contributed by atoms with van der Waals surface area (Å²) in [6.07, 6.45) is 1.18. The van der Waals surface area contributed by atoms with Crippen LogP contribution in [0.2, 0.25) is 0 Å². The highest BCUT2D eigenvalue weighted by Crippen LogP contribution is 1.87. The third kappa shape index (κ3) is 3.65. The number of Topliss-reactive ketones (excluding diaryl/α,β-unsaturated/α-hetero) is 1. The lowest BCUT2D eigenvalue weighted by Gasteiger charge is -2.09. The Morgan fingerprint density at radius 2 is 2.30 bits per heavy atom. The minimum absolute atomic E-state index is 0.117. The van der Waals surface area contributed by atoms with E-state index < -0.39 is 0 Å². The van der Waals surface area contributed by atoms with Crippen LogP contribution in [0.5, 0.6) is 0 Å². The topological polar surface area (TPSA) is 58.7 Å². The van der Waals surface area contributed by atoms with E-state index in [0.717, 1.165) is 0 Å². The third-order valence-electron chi connectivity index (χ3n) is 0.828. The van der Waals surface area contributed by atoms with Gasteiger partial charge in [-0.3, -0.25) is 9.80 Å². The third-order valence-corrected chi connectivity index (χ3v) is 0.828. The van der Waals surface area contributed by atoms with Crippen LogP contribution in [0.4, 0.5) is 0 Å². The Hall–Kier alpha value is -1.32. The fourth-order valence-corrected chi connectivity index (χ4v) is 0.242. The smallest absolute Gasteiger partial charge is 0.172 e. The highest BCUT2D eigenvalue weighted by molar-refractivity contribution is 6.26. The van der Waals surface area contributed by atoms with Gasteiger partial charge in [-0.1, -0.05) is 6.58 Å². The van der Waals surface area contributed by atoms with Crippen LogP contribution in [0.3, 0.4) is 0 Å². The van der Waals surface area contributed by atoms with Crippen molar-refractivity contribution in [2.75, 3.05) is 7.05 Å². The quantitative estimate of drug-likeness (QED) is 0.442. The van der Waals surface area contributed by atoms with Crippen LogP contribution < -0.4 is 5.73 Å². The van der Waals surface area contributed by atoms with Crippen molar-refractivity contribution in [3.8, 4) is 0 Å². The molecule has 0 saturated carbocycles. The van der Waals surface area contributed by atoms with Gasteiger partial charge in [0.15, 0.2) is 5.78 Å². The fourth-order valence-electron chi connectivity index (χ4n) is 0.242. The first-order valence-electron chi connectivity index (χ1n) is 2.76. The molecule has 0 aliphatic heterocycles. The number of nitrogens with zero attached hydrogens (tertiary/aromatic N) is 2. The minimum Gasteiger partial charge on any atom is -0.384 e. The Labute approximate surface area is 60.0 Å². The lowest BCUT2D eigenvalue weighted by molar-refractivity contribution is -0.110. The van der Waals surface area contributed by atoms with E-state index in [2.05, 4.69) is 11.7 Å². The summed E-state index contributed by atoms with van der Waals surface area (Å²) in [7, 11) is 1.61. The molecule has 0 radical (unpaired) electrons. The molecule has 0 rings (SSSR count). The molecule has 4 heteroatoms. The van der Waals surface area contributed by atoms with E-state index in [4.69, 9.17) is 5.73 Å². The number of carbonyl (C=O) groups excluding carboxylic acids is 1. The van der Waals surface area contributed by atoms with E-state index in [1.54, 1.807) is 7.05 Å². The maximum Gasteiger partial charge on any atom is 0.172 e. The van der Waals surface area contributed by atoms with Crippen molar-refractivity contribution in [3.05, 3.63) is 12.4 Å². The number of carbonyl (C=O) groups is 1. The molecule has 56 valence electrons. The van der Waals surface area contributed by atoms with E-state index in [9.17, 15) is 4.79 Å². The Morgan fingerprint density at radius 3 is 2.60 bits per heavy atom. The average Bonchev–Trinajstić information content (AvgIpc) is 1.82. The van der Waals surface area contributed by atoms with Crippen LogP contribution in [-0.2, 0) is 4.79 Å². The molecule has 0 unspecified atom stereocenters. The molecule has 0 saturated heterocycles. The molecule has 4 nitrogen and oxygen atoms in total. The first-order chi connectivity index (χ1) is 4.54. The Balaban J connectivity index is 3.89. The normalized spacial score (nSPS) is 9.80. The van der Waals surface area contributed by atoms with Crippen LogP contribution in [-0.4, -0.2) is 24.1 Å². The van der Waals surface area contributed by atoms with E-state index in [0.29, 0.717) is 5.82 Å². The summed E-state index contributed by atoms with van der Waals surface area (Å²) < 4.78 is 0. The highest BCUT2D eigenvalue weighted by atomic mass is 16.1. The molecular formula is C6H11N3O. The van der Waals surface area contributed by atoms with E-state index >= 15 is 0 Å². The van der Waals surface area contributed by atoms with Gasteiger partial charge < -0.3 is 5.73 Å². The number of rotatable bonds is 3. The maximum atomic E-state index is 10.3. The van der Waals surface area contributed by atoms with Crippen molar-refractivity contribution in [1.82, 2.24) is 5.01 Å². The number of hydrazone groups is 1. The van der Waals surface area contributed by atoms with Crippen molar-refractivity contribution < 1.29 is 4.79 Å². The van der Waals surface area contributed by atoms with Crippen LogP contribution in [0.15, 0.2) is 17.5 Å². The largest absolute Gasteiger partial charge is 0.384 e. The van der Waals surface area contributed by atoms with Gasteiger partial charge in [-0.15, -0.1) is 0 Å². The number of hydrogen-bond donors (Lipinski definition) is 1. The Kier molecular flexibility index (Phi) is 3.17. The van der Waals surface area contributed by atoms with E-state index in [1.807, 2.05) is 0 Å². The zero-order chi connectivity index (χ0) is 8.15. The second-order valence-electron chi connectivity index (χ2n) is 1.87. The first-order valence-corrected chi connectivity index (χ1v) is 2.76. The lowest BCUT2D eigenvalue weighted by atomic mass is 10.5. The molecule has 0 bridgehead atoms. The van der Waals surface area contributed by atoms with Crippen LogP contribution in [0.1, 0.15) is 6.92 Å². The summed E-state index contributed by atoms with van der Waals surface area (Å²) in [5, 5.41) is 4.98. The summed E-state index contributed by atoms with van der Waals surface area (Å²) in [4.78, 5) is 10.3. The zero-order valence-electron chi connectivity index (χ0n) is 6.16. The van der Waals surface area contributed by atoms with Gasteiger partial charge in [-0.05, 0) is 0 Å². The predicted molar refractivity (Wildman–Crippen MR) is 40.3 cm³/mol. The lowest BCUT2D eigenvalue weighted by Crippen LogP contribution is -2.17. The standard InChI is InChI=1S/C6H11N3O/c1-5(10)4-8-9(3)6(2)7/h4H,2,7H2,1,3H3/b8-4-. The molecule has 0 aromatic rings.